The molecule has 0 aliphatic carbocycles. The molecule has 1 aliphatic rings. The Kier molecular flexibility index (Phi) is 3.92. The number of fused-ring (bicyclic) bond motifs is 1. The second-order valence-corrected chi connectivity index (χ2v) is 6.10. The Balaban J connectivity index is 1.89. The van der Waals surface area contributed by atoms with Crippen LogP contribution in [0.25, 0.3) is 10.9 Å². The van der Waals surface area contributed by atoms with Gasteiger partial charge in [-0.1, -0.05) is 38.1 Å². The number of Topliss-reactive ketones (excluding diaryl/α,β-unsaturated/α-hetero) is 1. The lowest BCUT2D eigenvalue weighted by Gasteiger charge is -2.24. The van der Waals surface area contributed by atoms with Crippen molar-refractivity contribution in [2.45, 2.75) is 32.7 Å². The Labute approximate surface area is 130 Å². The largest absolute Gasteiger partial charge is 0.327 e. The van der Waals surface area contributed by atoms with Crippen molar-refractivity contribution in [1.82, 2.24) is 9.88 Å². The van der Waals surface area contributed by atoms with Gasteiger partial charge in [0.15, 0.2) is 5.78 Å². The zero-order chi connectivity index (χ0) is 15.7. The number of carbonyl (C=O) groups excluding carboxylic acids is 2. The highest BCUT2D eigenvalue weighted by Gasteiger charge is 2.35. The van der Waals surface area contributed by atoms with E-state index in [0.29, 0.717) is 12.2 Å². The third-order valence-electron chi connectivity index (χ3n) is 4.23. The highest BCUT2D eigenvalue weighted by Crippen LogP contribution is 2.23. The zero-order valence-electron chi connectivity index (χ0n) is 13.0. The number of carbonyl (C=O) groups is 2. The number of para-hydroxylation sites is 1. The van der Waals surface area contributed by atoms with Crippen LogP contribution in [0.3, 0.4) is 0 Å². The number of rotatable bonds is 3. The Bertz CT molecular complexity index is 724. The SMILES string of the molecule is CC(C)C(=O)[C@@H]1CCCN1C(=O)c1ccc2ccccc2n1. The molecule has 1 aromatic carbocycles. The maximum atomic E-state index is 12.7. The van der Waals surface area contributed by atoms with E-state index in [2.05, 4.69) is 4.98 Å². The Morgan fingerprint density at radius 1 is 1.18 bits per heavy atom. The van der Waals surface area contributed by atoms with Crippen LogP contribution in [0.2, 0.25) is 0 Å². The van der Waals surface area contributed by atoms with Gasteiger partial charge in [0.1, 0.15) is 5.69 Å². The molecular formula is C18H20N2O2. The number of hydrogen-bond donors (Lipinski definition) is 0. The summed E-state index contributed by atoms with van der Waals surface area (Å²) in [6.45, 7) is 4.41. The molecule has 4 nitrogen and oxygen atoms in total. The lowest BCUT2D eigenvalue weighted by atomic mass is 10.00. The van der Waals surface area contributed by atoms with Gasteiger partial charge in [-0.25, -0.2) is 4.98 Å². The first-order chi connectivity index (χ1) is 10.6. The van der Waals surface area contributed by atoms with E-state index in [4.69, 9.17) is 0 Å². The predicted molar refractivity (Wildman–Crippen MR) is 85.6 cm³/mol. The van der Waals surface area contributed by atoms with Crippen LogP contribution in [0.4, 0.5) is 0 Å². The van der Waals surface area contributed by atoms with Crippen molar-refractivity contribution in [2.24, 2.45) is 5.92 Å². The van der Waals surface area contributed by atoms with Crippen LogP contribution < -0.4 is 0 Å². The minimum atomic E-state index is -0.291. The molecule has 1 saturated heterocycles. The lowest BCUT2D eigenvalue weighted by molar-refractivity contribution is -0.125. The Morgan fingerprint density at radius 2 is 1.95 bits per heavy atom. The summed E-state index contributed by atoms with van der Waals surface area (Å²) < 4.78 is 0. The average Bonchev–Trinajstić information content (AvgIpc) is 3.02. The summed E-state index contributed by atoms with van der Waals surface area (Å²) in [7, 11) is 0. The molecule has 0 saturated carbocycles. The van der Waals surface area contributed by atoms with Crippen molar-refractivity contribution in [2.75, 3.05) is 6.54 Å². The van der Waals surface area contributed by atoms with Gasteiger partial charge in [0.05, 0.1) is 11.6 Å². The normalized spacial score (nSPS) is 18.1. The maximum absolute atomic E-state index is 12.7. The average molecular weight is 296 g/mol. The Hall–Kier alpha value is -2.23. The summed E-state index contributed by atoms with van der Waals surface area (Å²) in [5, 5.41) is 1.01. The molecule has 1 fully saturated rings. The van der Waals surface area contributed by atoms with Crippen LogP contribution >= 0.6 is 0 Å². The van der Waals surface area contributed by atoms with Crippen LogP contribution in [0.5, 0.6) is 0 Å². The molecule has 22 heavy (non-hydrogen) atoms. The molecular weight excluding hydrogens is 276 g/mol. The summed E-state index contributed by atoms with van der Waals surface area (Å²) in [6, 6.07) is 11.1. The van der Waals surface area contributed by atoms with Gasteiger partial charge in [-0.15, -0.1) is 0 Å². The van der Waals surface area contributed by atoms with Crippen molar-refractivity contribution in [3.8, 4) is 0 Å². The molecule has 1 aliphatic heterocycles. The summed E-state index contributed by atoms with van der Waals surface area (Å²) in [6.07, 6.45) is 1.64. The molecule has 0 bridgehead atoms. The van der Waals surface area contributed by atoms with Gasteiger partial charge in [-0.2, -0.15) is 0 Å². The first-order valence-corrected chi connectivity index (χ1v) is 7.78. The number of likely N-dealkylation sites (tertiary alicyclic amines) is 1. The fourth-order valence-corrected chi connectivity index (χ4v) is 3.02. The molecule has 1 amide bonds. The van der Waals surface area contributed by atoms with Gasteiger partial charge < -0.3 is 4.90 Å². The van der Waals surface area contributed by atoms with E-state index in [0.717, 1.165) is 23.7 Å². The molecule has 2 heterocycles. The molecule has 0 unspecified atom stereocenters. The van der Waals surface area contributed by atoms with Gasteiger partial charge >= 0.3 is 0 Å². The van der Waals surface area contributed by atoms with Crippen LogP contribution in [0.1, 0.15) is 37.2 Å². The lowest BCUT2D eigenvalue weighted by Crippen LogP contribution is -2.42. The standard InChI is InChI=1S/C18H20N2O2/c1-12(2)17(21)16-8-5-11-20(16)18(22)15-10-9-13-6-3-4-7-14(13)19-15/h3-4,6-7,9-10,12,16H,5,8,11H2,1-2H3/t16-/m0/s1. The minimum absolute atomic E-state index is 0.0528. The van der Waals surface area contributed by atoms with Crippen molar-refractivity contribution in [1.29, 1.82) is 0 Å². The molecule has 1 atom stereocenters. The van der Waals surface area contributed by atoms with Crippen molar-refractivity contribution in [3.63, 3.8) is 0 Å². The smallest absolute Gasteiger partial charge is 0.273 e. The van der Waals surface area contributed by atoms with Gasteiger partial charge in [0.25, 0.3) is 5.91 Å². The monoisotopic (exact) mass is 296 g/mol. The van der Waals surface area contributed by atoms with E-state index in [1.54, 1.807) is 11.0 Å². The van der Waals surface area contributed by atoms with Crippen LogP contribution in [-0.4, -0.2) is 34.2 Å². The van der Waals surface area contributed by atoms with Crippen LogP contribution in [-0.2, 0) is 4.79 Å². The van der Waals surface area contributed by atoms with E-state index in [-0.39, 0.29) is 23.7 Å². The number of benzene rings is 1. The molecule has 0 radical (unpaired) electrons. The third-order valence-corrected chi connectivity index (χ3v) is 4.23. The van der Waals surface area contributed by atoms with Gasteiger partial charge in [-0.3, -0.25) is 9.59 Å². The van der Waals surface area contributed by atoms with Gasteiger partial charge in [0.2, 0.25) is 0 Å². The highest BCUT2D eigenvalue weighted by molar-refractivity contribution is 5.98. The topological polar surface area (TPSA) is 50.3 Å². The summed E-state index contributed by atoms with van der Waals surface area (Å²) in [5.74, 6) is -0.0446. The van der Waals surface area contributed by atoms with Crippen molar-refractivity contribution < 1.29 is 9.59 Å². The first-order valence-electron chi connectivity index (χ1n) is 7.78. The number of aromatic nitrogens is 1. The number of hydrogen-bond acceptors (Lipinski definition) is 3. The molecule has 4 heteroatoms. The fraction of sp³-hybridized carbons (Fsp3) is 0.389. The van der Waals surface area contributed by atoms with E-state index < -0.39 is 0 Å². The predicted octanol–water partition coefficient (Wildman–Crippen LogP) is 3.06. The van der Waals surface area contributed by atoms with E-state index in [1.165, 1.54) is 0 Å². The molecule has 3 rings (SSSR count). The van der Waals surface area contributed by atoms with Crippen LogP contribution in [0, 0.1) is 5.92 Å². The van der Waals surface area contributed by atoms with Crippen LogP contribution in [0.15, 0.2) is 36.4 Å². The number of amides is 1. The van der Waals surface area contributed by atoms with Gasteiger partial charge in [0, 0.05) is 17.8 Å². The summed E-state index contributed by atoms with van der Waals surface area (Å²) >= 11 is 0. The summed E-state index contributed by atoms with van der Waals surface area (Å²) in [4.78, 5) is 31.2. The third kappa shape index (κ3) is 2.61. The molecule has 114 valence electrons. The second-order valence-electron chi connectivity index (χ2n) is 6.10. The second kappa shape index (κ2) is 5.87. The maximum Gasteiger partial charge on any atom is 0.273 e. The zero-order valence-corrected chi connectivity index (χ0v) is 13.0. The van der Waals surface area contributed by atoms with Crippen molar-refractivity contribution in [3.05, 3.63) is 42.1 Å². The quantitative estimate of drug-likeness (QED) is 0.874. The molecule has 1 aromatic heterocycles. The fourth-order valence-electron chi connectivity index (χ4n) is 3.02. The molecule has 0 spiro atoms. The van der Waals surface area contributed by atoms with E-state index in [9.17, 15) is 9.59 Å². The van der Waals surface area contributed by atoms with E-state index in [1.807, 2.05) is 44.2 Å². The first kappa shape index (κ1) is 14.7. The summed E-state index contributed by atoms with van der Waals surface area (Å²) in [5.41, 5.74) is 1.22. The van der Waals surface area contributed by atoms with E-state index >= 15 is 0 Å². The number of pyridine rings is 1. The Morgan fingerprint density at radius 3 is 2.73 bits per heavy atom. The van der Waals surface area contributed by atoms with Crippen molar-refractivity contribution >= 4 is 22.6 Å². The number of ketones is 1. The number of nitrogens with zero attached hydrogens (tertiary/aromatic N) is 2. The minimum Gasteiger partial charge on any atom is -0.327 e. The van der Waals surface area contributed by atoms with Gasteiger partial charge in [-0.05, 0) is 25.0 Å². The molecule has 0 N–H and O–H groups in total. The molecule has 2 aromatic rings. The highest BCUT2D eigenvalue weighted by atomic mass is 16.2.